The summed E-state index contributed by atoms with van der Waals surface area (Å²) < 4.78 is 1.84. The van der Waals surface area contributed by atoms with Crippen LogP contribution in [0, 0.1) is 0 Å². The van der Waals surface area contributed by atoms with Crippen LogP contribution in [0.25, 0.3) is 11.4 Å². The molecule has 9 nitrogen and oxygen atoms in total. The first kappa shape index (κ1) is 19.1. The lowest BCUT2D eigenvalue weighted by atomic mass is 10.2. The Morgan fingerprint density at radius 2 is 1.86 bits per heavy atom. The average Bonchev–Trinajstić information content (AvgIpc) is 3.33. The Kier molecular flexibility index (Phi) is 5.54. The number of tetrazole rings is 1. The summed E-state index contributed by atoms with van der Waals surface area (Å²) in [5.74, 6) is 0.179. The SMILES string of the molecule is Cn1cnnc1Sc1ccc(NC(=O)Cn2nnc(-c3ccc(Cl)cc3)n2)cc1. The second-order valence-corrected chi connectivity index (χ2v) is 7.53. The van der Waals surface area contributed by atoms with E-state index in [1.54, 1.807) is 30.6 Å². The molecule has 0 saturated heterocycles. The van der Waals surface area contributed by atoms with Crippen molar-refractivity contribution in [3.05, 3.63) is 59.9 Å². The number of nitrogens with zero attached hydrogens (tertiary/aromatic N) is 7. The Morgan fingerprint density at radius 3 is 2.55 bits per heavy atom. The van der Waals surface area contributed by atoms with Gasteiger partial charge in [-0.05, 0) is 65.5 Å². The van der Waals surface area contributed by atoms with Gasteiger partial charge in [-0.25, -0.2) is 0 Å². The zero-order valence-corrected chi connectivity index (χ0v) is 16.8. The predicted molar refractivity (Wildman–Crippen MR) is 108 cm³/mol. The third-order valence-corrected chi connectivity index (χ3v) is 5.17. The minimum absolute atomic E-state index is 0.0456. The summed E-state index contributed by atoms with van der Waals surface area (Å²) in [6.45, 7) is -0.0456. The van der Waals surface area contributed by atoms with Crippen LogP contribution in [0.1, 0.15) is 0 Å². The number of aromatic nitrogens is 7. The number of aryl methyl sites for hydroxylation is 1. The molecule has 146 valence electrons. The van der Waals surface area contributed by atoms with Crippen molar-refractivity contribution in [2.75, 3.05) is 5.32 Å². The first-order chi connectivity index (χ1) is 14.1. The molecule has 4 rings (SSSR count). The Morgan fingerprint density at radius 1 is 1.10 bits per heavy atom. The zero-order valence-electron chi connectivity index (χ0n) is 15.2. The Labute approximate surface area is 175 Å². The maximum absolute atomic E-state index is 12.3. The van der Waals surface area contributed by atoms with Crippen molar-refractivity contribution < 1.29 is 4.79 Å². The summed E-state index contributed by atoms with van der Waals surface area (Å²) in [6.07, 6.45) is 1.65. The topological polar surface area (TPSA) is 103 Å². The lowest BCUT2D eigenvalue weighted by molar-refractivity contribution is -0.117. The third-order valence-electron chi connectivity index (χ3n) is 3.86. The van der Waals surface area contributed by atoms with Gasteiger partial charge < -0.3 is 9.88 Å². The van der Waals surface area contributed by atoms with Gasteiger partial charge in [0, 0.05) is 28.2 Å². The Hall–Kier alpha value is -3.24. The van der Waals surface area contributed by atoms with E-state index in [-0.39, 0.29) is 12.5 Å². The van der Waals surface area contributed by atoms with Gasteiger partial charge in [0.2, 0.25) is 11.7 Å². The first-order valence-corrected chi connectivity index (χ1v) is 9.72. The van der Waals surface area contributed by atoms with Crippen LogP contribution in [0.2, 0.25) is 5.02 Å². The highest BCUT2D eigenvalue weighted by Gasteiger charge is 2.10. The van der Waals surface area contributed by atoms with Crippen LogP contribution < -0.4 is 5.32 Å². The molecule has 0 unspecified atom stereocenters. The number of carbonyl (C=O) groups is 1. The van der Waals surface area contributed by atoms with Gasteiger partial charge in [0.15, 0.2) is 5.16 Å². The number of halogens is 1. The van der Waals surface area contributed by atoms with E-state index >= 15 is 0 Å². The highest BCUT2D eigenvalue weighted by Crippen LogP contribution is 2.26. The van der Waals surface area contributed by atoms with Gasteiger partial charge in [-0.1, -0.05) is 11.6 Å². The molecular formula is C18H15ClN8OS. The van der Waals surface area contributed by atoms with Gasteiger partial charge >= 0.3 is 0 Å². The standard InChI is InChI=1S/C18H15ClN8OS/c1-26-11-20-23-18(26)29-15-8-6-14(7-9-15)21-16(28)10-27-24-17(22-25-27)12-2-4-13(19)5-3-12/h2-9,11H,10H2,1H3,(H,21,28). The minimum Gasteiger partial charge on any atom is -0.324 e. The second-order valence-electron chi connectivity index (χ2n) is 6.05. The van der Waals surface area contributed by atoms with Crippen LogP contribution in [-0.2, 0) is 18.4 Å². The molecule has 29 heavy (non-hydrogen) atoms. The molecule has 4 aromatic rings. The van der Waals surface area contributed by atoms with Gasteiger partial charge in [0.05, 0.1) is 0 Å². The van der Waals surface area contributed by atoms with Crippen LogP contribution in [0.4, 0.5) is 5.69 Å². The van der Waals surface area contributed by atoms with E-state index in [0.29, 0.717) is 16.5 Å². The van der Waals surface area contributed by atoms with Gasteiger partial charge in [0.1, 0.15) is 12.9 Å². The van der Waals surface area contributed by atoms with Crippen LogP contribution in [-0.4, -0.2) is 40.9 Å². The fourth-order valence-corrected chi connectivity index (χ4v) is 3.32. The van der Waals surface area contributed by atoms with Crippen molar-refractivity contribution in [2.45, 2.75) is 16.6 Å². The summed E-state index contributed by atoms with van der Waals surface area (Å²) in [6, 6.07) is 14.5. The molecular weight excluding hydrogens is 412 g/mol. The summed E-state index contributed by atoms with van der Waals surface area (Å²) in [7, 11) is 1.88. The maximum atomic E-state index is 12.3. The predicted octanol–water partition coefficient (Wildman–Crippen LogP) is 2.91. The van der Waals surface area contributed by atoms with Gasteiger partial charge in [-0.3, -0.25) is 4.79 Å². The van der Waals surface area contributed by atoms with Crippen molar-refractivity contribution in [1.82, 2.24) is 35.0 Å². The first-order valence-electron chi connectivity index (χ1n) is 8.52. The van der Waals surface area contributed by atoms with Crippen LogP contribution >= 0.6 is 23.4 Å². The van der Waals surface area contributed by atoms with E-state index in [0.717, 1.165) is 15.6 Å². The fraction of sp³-hybridized carbons (Fsp3) is 0.111. The van der Waals surface area contributed by atoms with Crippen molar-refractivity contribution in [1.29, 1.82) is 0 Å². The van der Waals surface area contributed by atoms with Crippen molar-refractivity contribution in [3.8, 4) is 11.4 Å². The van der Waals surface area contributed by atoms with Gasteiger partial charge in [-0.15, -0.1) is 20.4 Å². The summed E-state index contributed by atoms with van der Waals surface area (Å²) in [5.41, 5.74) is 1.45. The zero-order chi connectivity index (χ0) is 20.2. The molecule has 0 aliphatic carbocycles. The lowest BCUT2D eigenvalue weighted by Crippen LogP contribution is -2.20. The largest absolute Gasteiger partial charge is 0.324 e. The summed E-state index contributed by atoms with van der Waals surface area (Å²) in [5, 5.41) is 24.2. The molecule has 2 aromatic carbocycles. The molecule has 1 N–H and O–H groups in total. The van der Waals surface area contributed by atoms with Crippen molar-refractivity contribution in [2.24, 2.45) is 7.05 Å². The van der Waals surface area contributed by atoms with Crippen molar-refractivity contribution >= 4 is 35.0 Å². The van der Waals surface area contributed by atoms with E-state index in [1.807, 2.05) is 35.9 Å². The third kappa shape index (κ3) is 4.79. The number of carbonyl (C=O) groups excluding carboxylic acids is 1. The van der Waals surface area contributed by atoms with Crippen LogP contribution in [0.5, 0.6) is 0 Å². The maximum Gasteiger partial charge on any atom is 0.248 e. The molecule has 0 radical (unpaired) electrons. The smallest absolute Gasteiger partial charge is 0.248 e. The summed E-state index contributed by atoms with van der Waals surface area (Å²) >= 11 is 7.37. The lowest BCUT2D eigenvalue weighted by Gasteiger charge is -2.06. The Bertz CT molecular complexity index is 1120. The van der Waals surface area contributed by atoms with Crippen LogP contribution in [0.15, 0.2) is 64.9 Å². The van der Waals surface area contributed by atoms with E-state index in [1.165, 1.54) is 16.6 Å². The molecule has 0 spiro atoms. The molecule has 0 aliphatic heterocycles. The van der Waals surface area contributed by atoms with E-state index in [2.05, 4.69) is 30.9 Å². The quantitative estimate of drug-likeness (QED) is 0.505. The van der Waals surface area contributed by atoms with Gasteiger partial charge in [-0.2, -0.15) is 4.80 Å². The monoisotopic (exact) mass is 426 g/mol. The van der Waals surface area contributed by atoms with E-state index < -0.39 is 0 Å². The van der Waals surface area contributed by atoms with E-state index in [9.17, 15) is 4.79 Å². The molecule has 1 amide bonds. The fourth-order valence-electron chi connectivity index (χ4n) is 2.43. The normalized spacial score (nSPS) is 10.8. The molecule has 0 aliphatic rings. The molecule has 0 fully saturated rings. The van der Waals surface area contributed by atoms with Gasteiger partial charge in [0.25, 0.3) is 0 Å². The molecule has 0 bridgehead atoms. The highest BCUT2D eigenvalue weighted by molar-refractivity contribution is 7.99. The second kappa shape index (κ2) is 8.41. The number of amides is 1. The number of hydrogen-bond donors (Lipinski definition) is 1. The number of anilines is 1. The van der Waals surface area contributed by atoms with E-state index in [4.69, 9.17) is 11.6 Å². The Balaban J connectivity index is 1.35. The number of benzene rings is 2. The minimum atomic E-state index is -0.251. The molecule has 0 saturated carbocycles. The average molecular weight is 427 g/mol. The molecule has 0 atom stereocenters. The summed E-state index contributed by atoms with van der Waals surface area (Å²) in [4.78, 5) is 14.5. The number of hydrogen-bond acceptors (Lipinski definition) is 7. The van der Waals surface area contributed by atoms with Crippen LogP contribution in [0.3, 0.4) is 0 Å². The molecule has 11 heteroatoms. The highest BCUT2D eigenvalue weighted by atomic mass is 35.5. The van der Waals surface area contributed by atoms with Crippen molar-refractivity contribution in [3.63, 3.8) is 0 Å². The molecule has 2 heterocycles. The number of nitrogens with one attached hydrogen (secondary N) is 1. The molecule has 2 aromatic heterocycles. The number of rotatable bonds is 6.